The molecule has 0 radical (unpaired) electrons. The van der Waals surface area contributed by atoms with E-state index >= 15 is 0 Å². The molecule has 2 rings (SSSR count). The number of anilines is 2. The minimum Gasteiger partial charge on any atom is -0.494 e. The van der Waals surface area contributed by atoms with Gasteiger partial charge in [-0.2, -0.15) is 0 Å². The van der Waals surface area contributed by atoms with Gasteiger partial charge < -0.3 is 20.7 Å². The molecule has 1 aromatic carbocycles. The molecule has 1 aromatic rings. The van der Waals surface area contributed by atoms with Crippen molar-refractivity contribution in [2.75, 3.05) is 51.4 Å². The molecule has 0 spiro atoms. The zero-order chi connectivity index (χ0) is 16.1. The van der Waals surface area contributed by atoms with Crippen LogP contribution in [0.4, 0.5) is 11.4 Å². The summed E-state index contributed by atoms with van der Waals surface area (Å²) in [6.07, 6.45) is 0.785. The molecule has 1 unspecified atom stereocenters. The summed E-state index contributed by atoms with van der Waals surface area (Å²) in [5.41, 5.74) is 7.02. The van der Waals surface area contributed by atoms with Crippen LogP contribution in [-0.4, -0.2) is 62.1 Å². The number of carbonyl (C=O) groups is 1. The van der Waals surface area contributed by atoms with Crippen LogP contribution in [0.1, 0.15) is 13.3 Å². The lowest BCUT2D eigenvalue weighted by Gasteiger charge is -2.36. The van der Waals surface area contributed by atoms with Gasteiger partial charge in [0, 0.05) is 37.9 Å². The van der Waals surface area contributed by atoms with Gasteiger partial charge in [0.25, 0.3) is 0 Å². The summed E-state index contributed by atoms with van der Waals surface area (Å²) in [6, 6.07) is 5.14. The van der Waals surface area contributed by atoms with Crippen LogP contribution in [0.5, 0.6) is 5.75 Å². The number of carbonyl (C=O) groups excluding carboxylic acids is 1. The zero-order valence-corrected chi connectivity index (χ0v) is 13.6. The summed E-state index contributed by atoms with van der Waals surface area (Å²) in [7, 11) is 3.68. The van der Waals surface area contributed by atoms with E-state index in [0.717, 1.165) is 32.6 Å². The molecular weight excluding hydrogens is 280 g/mol. The van der Waals surface area contributed by atoms with Crippen LogP contribution >= 0.6 is 0 Å². The molecule has 6 heteroatoms. The molecule has 22 heavy (non-hydrogen) atoms. The van der Waals surface area contributed by atoms with E-state index in [9.17, 15) is 4.79 Å². The van der Waals surface area contributed by atoms with Crippen LogP contribution in [0.2, 0.25) is 0 Å². The van der Waals surface area contributed by atoms with Gasteiger partial charge in [-0.25, -0.2) is 0 Å². The highest BCUT2D eigenvalue weighted by molar-refractivity contribution is 5.96. The Morgan fingerprint density at radius 1 is 1.36 bits per heavy atom. The van der Waals surface area contributed by atoms with E-state index in [-0.39, 0.29) is 11.9 Å². The average Bonchev–Trinajstić information content (AvgIpc) is 2.51. The predicted molar refractivity (Wildman–Crippen MR) is 89.2 cm³/mol. The van der Waals surface area contributed by atoms with Crippen molar-refractivity contribution in [1.29, 1.82) is 0 Å². The molecule has 0 saturated carbocycles. The average molecular weight is 306 g/mol. The maximum Gasteiger partial charge on any atom is 0.241 e. The number of benzene rings is 1. The summed E-state index contributed by atoms with van der Waals surface area (Å²) >= 11 is 0. The lowest BCUT2D eigenvalue weighted by atomic mass is 10.1. The Balaban J connectivity index is 2.06. The molecule has 1 amide bonds. The number of hydrogen-bond donors (Lipinski definition) is 2. The maximum atomic E-state index is 12.6. The van der Waals surface area contributed by atoms with E-state index in [1.807, 2.05) is 6.92 Å². The molecule has 1 aliphatic rings. The number of hydrogen-bond acceptors (Lipinski definition) is 5. The lowest BCUT2D eigenvalue weighted by molar-refractivity contribution is -0.122. The van der Waals surface area contributed by atoms with Crippen LogP contribution in [0, 0.1) is 0 Å². The van der Waals surface area contributed by atoms with E-state index < -0.39 is 0 Å². The van der Waals surface area contributed by atoms with Crippen molar-refractivity contribution in [2.45, 2.75) is 19.4 Å². The van der Waals surface area contributed by atoms with Gasteiger partial charge in [0.15, 0.2) is 0 Å². The highest BCUT2D eigenvalue weighted by atomic mass is 16.5. The quantitative estimate of drug-likeness (QED) is 0.801. The molecule has 0 aliphatic carbocycles. The Hall–Kier alpha value is -1.79. The molecule has 0 aromatic heterocycles. The number of piperazine rings is 1. The number of nitrogen functional groups attached to an aromatic ring is 1. The number of likely N-dealkylation sites (N-methyl/N-ethyl adjacent to an activating group) is 1. The van der Waals surface area contributed by atoms with Crippen molar-refractivity contribution in [3.8, 4) is 5.75 Å². The Labute approximate surface area is 132 Å². The molecular formula is C16H26N4O2. The van der Waals surface area contributed by atoms with Crippen LogP contribution in [0.3, 0.4) is 0 Å². The summed E-state index contributed by atoms with van der Waals surface area (Å²) in [6.45, 7) is 5.87. The molecule has 0 bridgehead atoms. The molecule has 1 fully saturated rings. The van der Waals surface area contributed by atoms with Crippen molar-refractivity contribution < 1.29 is 9.53 Å². The largest absolute Gasteiger partial charge is 0.494 e. The van der Waals surface area contributed by atoms with Crippen molar-refractivity contribution in [3.05, 3.63) is 18.2 Å². The highest BCUT2D eigenvalue weighted by Crippen LogP contribution is 2.27. The Morgan fingerprint density at radius 3 is 2.64 bits per heavy atom. The minimum atomic E-state index is -0.115. The second kappa shape index (κ2) is 7.47. The molecule has 6 nitrogen and oxygen atoms in total. The van der Waals surface area contributed by atoms with Crippen molar-refractivity contribution in [1.82, 2.24) is 9.80 Å². The number of nitrogens with zero attached hydrogens (tertiary/aromatic N) is 2. The standard InChI is InChI=1S/C16H26N4O2/c1-4-14(20-9-7-19(2)8-10-20)16(21)18-13-6-5-12(17)11-15(13)22-3/h5-6,11,14H,4,7-10,17H2,1-3H3,(H,18,21). The van der Waals surface area contributed by atoms with Gasteiger partial charge in [-0.3, -0.25) is 9.69 Å². The topological polar surface area (TPSA) is 70.8 Å². The fraction of sp³-hybridized carbons (Fsp3) is 0.562. The molecule has 122 valence electrons. The first-order valence-corrected chi connectivity index (χ1v) is 7.72. The molecule has 1 aliphatic heterocycles. The number of methoxy groups -OCH3 is 1. The van der Waals surface area contributed by atoms with Gasteiger partial charge in [-0.1, -0.05) is 6.92 Å². The van der Waals surface area contributed by atoms with E-state index in [0.29, 0.717) is 17.1 Å². The van der Waals surface area contributed by atoms with E-state index in [1.165, 1.54) is 0 Å². The first-order valence-electron chi connectivity index (χ1n) is 7.72. The first kappa shape index (κ1) is 16.6. The number of ether oxygens (including phenoxy) is 1. The number of amides is 1. The fourth-order valence-electron chi connectivity index (χ4n) is 2.77. The van der Waals surface area contributed by atoms with Gasteiger partial charge >= 0.3 is 0 Å². The van der Waals surface area contributed by atoms with Gasteiger partial charge in [-0.15, -0.1) is 0 Å². The summed E-state index contributed by atoms with van der Waals surface area (Å²) in [5, 5.41) is 2.97. The third-order valence-electron chi connectivity index (χ3n) is 4.15. The second-order valence-electron chi connectivity index (χ2n) is 5.71. The smallest absolute Gasteiger partial charge is 0.241 e. The zero-order valence-electron chi connectivity index (χ0n) is 13.6. The van der Waals surface area contributed by atoms with Crippen molar-refractivity contribution in [2.24, 2.45) is 0 Å². The normalized spacial score (nSPS) is 18.0. The Morgan fingerprint density at radius 2 is 2.05 bits per heavy atom. The number of rotatable bonds is 5. The molecule has 3 N–H and O–H groups in total. The van der Waals surface area contributed by atoms with Gasteiger partial charge in [-0.05, 0) is 25.6 Å². The summed E-state index contributed by atoms with van der Waals surface area (Å²) < 4.78 is 5.28. The van der Waals surface area contributed by atoms with Crippen LogP contribution < -0.4 is 15.8 Å². The van der Waals surface area contributed by atoms with E-state index in [4.69, 9.17) is 10.5 Å². The lowest BCUT2D eigenvalue weighted by Crippen LogP contribution is -2.52. The van der Waals surface area contributed by atoms with Crippen LogP contribution in [0.25, 0.3) is 0 Å². The van der Waals surface area contributed by atoms with Crippen molar-refractivity contribution in [3.63, 3.8) is 0 Å². The van der Waals surface area contributed by atoms with E-state index in [2.05, 4.69) is 22.2 Å². The van der Waals surface area contributed by atoms with Gasteiger partial charge in [0.2, 0.25) is 5.91 Å². The Bertz CT molecular complexity index is 513. The molecule has 1 atom stereocenters. The predicted octanol–water partition coefficient (Wildman–Crippen LogP) is 1.24. The SMILES string of the molecule is CCC(C(=O)Nc1ccc(N)cc1OC)N1CCN(C)CC1. The van der Waals surface area contributed by atoms with Crippen molar-refractivity contribution >= 4 is 17.3 Å². The summed E-state index contributed by atoms with van der Waals surface area (Å²) in [4.78, 5) is 17.2. The minimum absolute atomic E-state index is 0.00937. The molecule has 1 heterocycles. The first-order chi connectivity index (χ1) is 10.5. The van der Waals surface area contributed by atoms with Crippen LogP contribution in [-0.2, 0) is 4.79 Å². The molecule has 1 saturated heterocycles. The second-order valence-corrected chi connectivity index (χ2v) is 5.71. The van der Waals surface area contributed by atoms with Crippen LogP contribution in [0.15, 0.2) is 18.2 Å². The maximum absolute atomic E-state index is 12.6. The fourth-order valence-corrected chi connectivity index (χ4v) is 2.77. The van der Waals surface area contributed by atoms with E-state index in [1.54, 1.807) is 25.3 Å². The number of nitrogens with two attached hydrogens (primary N) is 1. The van der Waals surface area contributed by atoms with Gasteiger partial charge in [0.1, 0.15) is 5.75 Å². The Kier molecular flexibility index (Phi) is 5.63. The summed E-state index contributed by atoms with van der Waals surface area (Å²) in [5.74, 6) is 0.594. The third kappa shape index (κ3) is 3.90. The highest BCUT2D eigenvalue weighted by Gasteiger charge is 2.27. The number of nitrogens with one attached hydrogen (secondary N) is 1. The third-order valence-corrected chi connectivity index (χ3v) is 4.15. The monoisotopic (exact) mass is 306 g/mol. The van der Waals surface area contributed by atoms with Gasteiger partial charge in [0.05, 0.1) is 18.8 Å².